The Morgan fingerprint density at radius 3 is 1.88 bits per heavy atom. The van der Waals surface area contributed by atoms with E-state index in [0.29, 0.717) is 23.5 Å². The summed E-state index contributed by atoms with van der Waals surface area (Å²) in [7, 11) is -14.8. The van der Waals surface area contributed by atoms with Gasteiger partial charge in [0.25, 0.3) is 30.4 Å². The first kappa shape index (κ1) is 18.9. The fraction of sp³-hybridized carbons (Fsp3) is 0. The van der Waals surface area contributed by atoms with Gasteiger partial charge in [-0.05, 0) is 18.2 Å². The zero-order chi connectivity index (χ0) is 19.7. The summed E-state index contributed by atoms with van der Waals surface area (Å²) in [6.45, 7) is 0. The molecule has 3 rings (SSSR count). The lowest BCUT2D eigenvalue weighted by Crippen LogP contribution is -2.06. The summed E-state index contributed by atoms with van der Waals surface area (Å²) in [5.74, 6) is 0. The molecule has 0 spiro atoms. The van der Waals surface area contributed by atoms with Crippen LogP contribution >= 0.6 is 11.3 Å². The van der Waals surface area contributed by atoms with Gasteiger partial charge in [0.1, 0.15) is 15.3 Å². The Morgan fingerprint density at radius 1 is 0.808 bits per heavy atom. The fourth-order valence-electron chi connectivity index (χ4n) is 2.38. The second-order valence-corrected chi connectivity index (χ2v) is 10.3. The molecule has 0 aliphatic carbocycles. The summed E-state index contributed by atoms with van der Waals surface area (Å²) < 4.78 is 97.3. The van der Waals surface area contributed by atoms with Crippen LogP contribution < -0.4 is 5.73 Å². The van der Waals surface area contributed by atoms with Crippen LogP contribution in [0.25, 0.3) is 21.0 Å². The monoisotopic (exact) mass is 440 g/mol. The Hall–Kier alpha value is -1.88. The van der Waals surface area contributed by atoms with Crippen LogP contribution in [0, 0.1) is 0 Å². The zero-order valence-corrected chi connectivity index (χ0v) is 15.4. The summed E-state index contributed by atoms with van der Waals surface area (Å²) in [4.78, 5) is 1.13. The number of anilines is 1. The smallest absolute Gasteiger partial charge is 0.296 e. The van der Waals surface area contributed by atoms with E-state index in [9.17, 15) is 38.9 Å². The number of aromatic nitrogens is 1. The van der Waals surface area contributed by atoms with Gasteiger partial charge >= 0.3 is 0 Å². The van der Waals surface area contributed by atoms with Crippen molar-refractivity contribution in [3.63, 3.8) is 0 Å². The minimum Gasteiger partial charge on any atom is -0.375 e. The topological polar surface area (TPSA) is 202 Å². The third kappa shape index (κ3) is 3.13. The Labute approximate surface area is 150 Å². The lowest BCUT2D eigenvalue weighted by atomic mass is 10.1. The first-order valence-electron chi connectivity index (χ1n) is 6.29. The van der Waals surface area contributed by atoms with Crippen LogP contribution in [0.2, 0.25) is 0 Å². The minimum atomic E-state index is -5.04. The van der Waals surface area contributed by atoms with E-state index >= 15 is 0 Å². The number of nitrogen functional groups attached to an aromatic ring is 1. The molecule has 1 heterocycles. The van der Waals surface area contributed by atoms with Gasteiger partial charge in [0.2, 0.25) is 0 Å². The molecule has 0 bridgehead atoms. The van der Waals surface area contributed by atoms with Gasteiger partial charge in [0, 0.05) is 10.8 Å². The average Bonchev–Trinajstić information content (AvgIpc) is 2.83. The summed E-state index contributed by atoms with van der Waals surface area (Å²) in [5, 5.41) is -0.726. The van der Waals surface area contributed by atoms with Crippen LogP contribution in [0.5, 0.6) is 0 Å². The van der Waals surface area contributed by atoms with Crippen LogP contribution in [-0.4, -0.2) is 43.9 Å². The number of hydrogen-bond donors (Lipinski definition) is 4. The highest BCUT2D eigenvalue weighted by Gasteiger charge is 2.26. The van der Waals surface area contributed by atoms with Crippen LogP contribution in [0.3, 0.4) is 0 Å². The lowest BCUT2D eigenvalue weighted by molar-refractivity contribution is 0.479. The number of fused-ring (bicyclic) bond motifs is 3. The first-order valence-corrected chi connectivity index (χ1v) is 11.4. The Balaban J connectivity index is 2.72. The lowest BCUT2D eigenvalue weighted by Gasteiger charge is -2.09. The molecule has 0 amide bonds. The van der Waals surface area contributed by atoms with E-state index in [1.165, 1.54) is 0 Å². The van der Waals surface area contributed by atoms with Gasteiger partial charge in [-0.3, -0.25) is 13.7 Å². The van der Waals surface area contributed by atoms with Gasteiger partial charge < -0.3 is 5.73 Å². The highest BCUT2D eigenvalue weighted by molar-refractivity contribution is 7.87. The largest absolute Gasteiger partial charge is 0.375 e. The van der Waals surface area contributed by atoms with E-state index in [-0.39, 0.29) is 20.7 Å². The molecule has 26 heavy (non-hydrogen) atoms. The fourth-order valence-corrected chi connectivity index (χ4v) is 5.31. The Kier molecular flexibility index (Phi) is 4.04. The number of benzene rings is 2. The molecule has 3 aromatic rings. The summed E-state index contributed by atoms with van der Waals surface area (Å²) >= 11 is 0.689. The highest BCUT2D eigenvalue weighted by Crippen LogP contribution is 2.39. The zero-order valence-electron chi connectivity index (χ0n) is 12.2. The van der Waals surface area contributed by atoms with Crippen molar-refractivity contribution in [1.29, 1.82) is 0 Å². The number of hydrogen-bond acceptors (Lipinski definition) is 9. The predicted molar refractivity (Wildman–Crippen MR) is 91.0 cm³/mol. The molecule has 0 aliphatic heterocycles. The van der Waals surface area contributed by atoms with Crippen molar-refractivity contribution >= 4 is 67.8 Å². The van der Waals surface area contributed by atoms with Crippen molar-refractivity contribution in [1.82, 2.24) is 4.98 Å². The van der Waals surface area contributed by atoms with Crippen molar-refractivity contribution in [3.05, 3.63) is 18.2 Å². The molecule has 140 valence electrons. The molecular weight excluding hydrogens is 432 g/mol. The SMILES string of the molecule is Nc1nc2c(S(=O)(=O)O)cc3c(S(=O)(=O)O)cc(S(=O)(=O)O)cc3c2s1. The number of rotatable bonds is 3. The van der Waals surface area contributed by atoms with E-state index in [4.69, 9.17) is 5.73 Å². The average molecular weight is 440 g/mol. The van der Waals surface area contributed by atoms with Crippen LogP contribution in [0.4, 0.5) is 5.13 Å². The molecule has 0 saturated heterocycles. The van der Waals surface area contributed by atoms with Crippen molar-refractivity contribution in [2.75, 3.05) is 5.73 Å². The van der Waals surface area contributed by atoms with E-state index in [1.54, 1.807) is 0 Å². The maximum atomic E-state index is 11.7. The van der Waals surface area contributed by atoms with Gasteiger partial charge in [-0.25, -0.2) is 4.98 Å². The normalized spacial score (nSPS) is 13.5. The molecule has 0 saturated carbocycles. The summed E-state index contributed by atoms with van der Waals surface area (Å²) in [6, 6.07) is 2.03. The van der Waals surface area contributed by atoms with Gasteiger partial charge in [-0.2, -0.15) is 25.3 Å². The van der Waals surface area contributed by atoms with E-state index in [1.807, 2.05) is 0 Å². The standard InChI is InChI=1S/C11H8N2O9S4/c12-11-13-9-8(26(20,21)22)3-5-6(10(9)23-11)1-4(24(14,15)16)2-7(5)25(17,18)19/h1-3H,(H2,12,13)(H,14,15,16)(H,17,18,19)(H,20,21,22). The molecule has 0 radical (unpaired) electrons. The maximum absolute atomic E-state index is 11.7. The second-order valence-electron chi connectivity index (χ2n) is 5.05. The molecule has 1 aromatic heterocycles. The molecule has 0 fully saturated rings. The summed E-state index contributed by atoms with van der Waals surface area (Å²) in [6.07, 6.45) is 0. The molecule has 0 aliphatic rings. The maximum Gasteiger partial charge on any atom is 0.296 e. The van der Waals surface area contributed by atoms with Crippen LogP contribution in [-0.2, 0) is 30.4 Å². The third-order valence-corrected chi connectivity index (χ3v) is 6.88. The predicted octanol–water partition coefficient (Wildman–Crippen LogP) is 0.772. The molecule has 0 unspecified atom stereocenters. The quantitative estimate of drug-likeness (QED) is 0.419. The van der Waals surface area contributed by atoms with E-state index in [2.05, 4.69) is 4.98 Å². The number of thiazole rings is 1. The van der Waals surface area contributed by atoms with Crippen molar-refractivity contribution in [3.8, 4) is 0 Å². The highest BCUT2D eigenvalue weighted by atomic mass is 32.2. The van der Waals surface area contributed by atoms with E-state index < -0.39 is 50.4 Å². The van der Waals surface area contributed by atoms with Crippen molar-refractivity contribution in [2.45, 2.75) is 14.7 Å². The van der Waals surface area contributed by atoms with Crippen LogP contribution in [0.1, 0.15) is 0 Å². The van der Waals surface area contributed by atoms with Gasteiger partial charge in [-0.1, -0.05) is 11.3 Å². The molecule has 11 nitrogen and oxygen atoms in total. The van der Waals surface area contributed by atoms with Crippen LogP contribution in [0.15, 0.2) is 32.9 Å². The van der Waals surface area contributed by atoms with Gasteiger partial charge in [-0.15, -0.1) is 0 Å². The third-order valence-electron chi connectivity index (χ3n) is 3.37. The molecule has 2 aromatic carbocycles. The number of nitrogens with zero attached hydrogens (tertiary/aromatic N) is 1. The second kappa shape index (κ2) is 5.56. The van der Waals surface area contributed by atoms with Crippen molar-refractivity contribution in [2.24, 2.45) is 0 Å². The Morgan fingerprint density at radius 2 is 1.38 bits per heavy atom. The van der Waals surface area contributed by atoms with Gasteiger partial charge in [0.05, 0.1) is 9.60 Å². The molecular formula is C11H8N2O9S4. The molecule has 5 N–H and O–H groups in total. The summed E-state index contributed by atoms with van der Waals surface area (Å²) in [5.41, 5.74) is 5.21. The molecule has 0 atom stereocenters. The van der Waals surface area contributed by atoms with Gasteiger partial charge in [0.15, 0.2) is 5.13 Å². The Bertz CT molecular complexity index is 1400. The minimum absolute atomic E-state index is 0.0666. The first-order chi connectivity index (χ1) is 11.7. The number of nitrogens with two attached hydrogens (primary N) is 1. The molecule has 15 heteroatoms. The van der Waals surface area contributed by atoms with Crippen molar-refractivity contribution < 1.29 is 38.9 Å². The van der Waals surface area contributed by atoms with E-state index in [0.717, 1.165) is 6.07 Å².